The van der Waals surface area contributed by atoms with Gasteiger partial charge in [0.05, 0.1) is 32.4 Å². The molecule has 2 aliphatic rings. The van der Waals surface area contributed by atoms with E-state index in [2.05, 4.69) is 5.32 Å². The Balaban J connectivity index is 1.66. The number of benzene rings is 1. The Labute approximate surface area is 147 Å². The van der Waals surface area contributed by atoms with Crippen molar-refractivity contribution in [3.8, 4) is 11.5 Å². The lowest BCUT2D eigenvalue weighted by molar-refractivity contribution is -0.126. The molecule has 25 heavy (non-hydrogen) atoms. The highest BCUT2D eigenvalue weighted by atomic mass is 16.5. The van der Waals surface area contributed by atoms with Crippen molar-refractivity contribution in [2.45, 2.75) is 12.8 Å². The molecule has 1 aromatic carbocycles. The molecule has 0 unspecified atom stereocenters. The highest BCUT2D eigenvalue weighted by Crippen LogP contribution is 2.36. The first-order valence-corrected chi connectivity index (χ1v) is 8.50. The van der Waals surface area contributed by atoms with Crippen LogP contribution in [0.4, 0.5) is 5.69 Å². The van der Waals surface area contributed by atoms with Crippen LogP contribution in [-0.4, -0.2) is 52.3 Å². The number of hydrogen-bond donors (Lipinski definition) is 1. The first-order chi connectivity index (χ1) is 12.1. The Kier molecular flexibility index (Phi) is 5.43. The van der Waals surface area contributed by atoms with Gasteiger partial charge in [-0.3, -0.25) is 9.59 Å². The van der Waals surface area contributed by atoms with E-state index >= 15 is 0 Å². The molecule has 1 N–H and O–H groups in total. The van der Waals surface area contributed by atoms with E-state index in [0.29, 0.717) is 42.8 Å². The highest BCUT2D eigenvalue weighted by Gasteiger charge is 2.36. The van der Waals surface area contributed by atoms with Gasteiger partial charge in [-0.05, 0) is 18.6 Å². The summed E-state index contributed by atoms with van der Waals surface area (Å²) in [4.78, 5) is 26.5. The van der Waals surface area contributed by atoms with Crippen LogP contribution < -0.4 is 19.7 Å². The van der Waals surface area contributed by atoms with Crippen LogP contribution in [0, 0.1) is 11.8 Å². The van der Waals surface area contributed by atoms with Crippen LogP contribution in [0.15, 0.2) is 18.2 Å². The minimum absolute atomic E-state index is 0.0791. The number of methoxy groups -OCH3 is 2. The lowest BCUT2D eigenvalue weighted by Crippen LogP contribution is -2.36. The Bertz CT molecular complexity index is 642. The smallest absolute Gasteiger partial charge is 0.227 e. The molecule has 0 saturated carbocycles. The molecule has 136 valence electrons. The van der Waals surface area contributed by atoms with E-state index in [9.17, 15) is 9.59 Å². The molecule has 2 heterocycles. The molecule has 2 atom stereocenters. The van der Waals surface area contributed by atoms with Gasteiger partial charge in [0, 0.05) is 38.1 Å². The Morgan fingerprint density at radius 3 is 2.88 bits per heavy atom. The van der Waals surface area contributed by atoms with Crippen LogP contribution >= 0.6 is 0 Å². The second kappa shape index (κ2) is 7.74. The van der Waals surface area contributed by atoms with Gasteiger partial charge in [-0.2, -0.15) is 0 Å². The maximum Gasteiger partial charge on any atom is 0.227 e. The number of hydrogen-bond acceptors (Lipinski definition) is 5. The number of anilines is 1. The molecule has 7 heteroatoms. The first kappa shape index (κ1) is 17.5. The van der Waals surface area contributed by atoms with Gasteiger partial charge in [-0.25, -0.2) is 0 Å². The summed E-state index contributed by atoms with van der Waals surface area (Å²) >= 11 is 0. The lowest BCUT2D eigenvalue weighted by atomic mass is 10.1. The van der Waals surface area contributed by atoms with Crippen LogP contribution in [0.25, 0.3) is 0 Å². The molecule has 0 aliphatic carbocycles. The Morgan fingerprint density at radius 1 is 1.36 bits per heavy atom. The molecular formula is C18H24N2O5. The molecule has 2 aliphatic heterocycles. The van der Waals surface area contributed by atoms with Gasteiger partial charge < -0.3 is 24.4 Å². The van der Waals surface area contributed by atoms with Crippen molar-refractivity contribution in [3.05, 3.63) is 18.2 Å². The third kappa shape index (κ3) is 3.87. The quantitative estimate of drug-likeness (QED) is 0.836. The van der Waals surface area contributed by atoms with Crippen molar-refractivity contribution >= 4 is 17.5 Å². The number of nitrogens with one attached hydrogen (secondary N) is 1. The summed E-state index contributed by atoms with van der Waals surface area (Å²) in [5, 5.41) is 2.96. The number of ether oxygens (including phenoxy) is 3. The van der Waals surface area contributed by atoms with Crippen LogP contribution in [0.5, 0.6) is 11.5 Å². The number of carbonyl (C=O) groups excluding carboxylic acids is 2. The van der Waals surface area contributed by atoms with Crippen LogP contribution in [-0.2, 0) is 14.3 Å². The molecule has 3 rings (SSSR count). The van der Waals surface area contributed by atoms with Crippen molar-refractivity contribution in [1.82, 2.24) is 5.32 Å². The number of rotatable bonds is 6. The van der Waals surface area contributed by atoms with Gasteiger partial charge in [0.25, 0.3) is 0 Å². The third-order valence-electron chi connectivity index (χ3n) is 4.76. The molecule has 2 amide bonds. The van der Waals surface area contributed by atoms with Gasteiger partial charge in [0.1, 0.15) is 11.5 Å². The summed E-state index contributed by atoms with van der Waals surface area (Å²) in [6.07, 6.45) is 1.17. The van der Waals surface area contributed by atoms with Crippen molar-refractivity contribution in [2.75, 3.05) is 45.4 Å². The second-order valence-electron chi connectivity index (χ2n) is 6.42. The fraction of sp³-hybridized carbons (Fsp3) is 0.556. The molecule has 7 nitrogen and oxygen atoms in total. The van der Waals surface area contributed by atoms with Gasteiger partial charge in [-0.1, -0.05) is 0 Å². The van der Waals surface area contributed by atoms with Gasteiger partial charge in [0.2, 0.25) is 11.8 Å². The Hall–Kier alpha value is -2.28. The zero-order valence-electron chi connectivity index (χ0n) is 14.6. The average Bonchev–Trinajstić information content (AvgIpc) is 3.28. The van der Waals surface area contributed by atoms with E-state index in [-0.39, 0.29) is 24.2 Å². The van der Waals surface area contributed by atoms with Crippen LogP contribution in [0.1, 0.15) is 12.8 Å². The van der Waals surface area contributed by atoms with E-state index in [0.717, 1.165) is 13.0 Å². The van der Waals surface area contributed by atoms with Gasteiger partial charge >= 0.3 is 0 Å². The standard InChI is InChI=1S/C18H24N2O5/c1-23-14-3-4-16(24-2)15(8-14)20-10-13(7-17(20)21)18(22)19-9-12-5-6-25-11-12/h3-4,8,12-13H,5-7,9-11H2,1-2H3,(H,19,22)/t12-,13-/m1/s1. The number of nitrogens with zero attached hydrogens (tertiary/aromatic N) is 1. The molecule has 0 aromatic heterocycles. The molecule has 2 saturated heterocycles. The van der Waals surface area contributed by atoms with Crippen LogP contribution in [0.2, 0.25) is 0 Å². The fourth-order valence-electron chi connectivity index (χ4n) is 3.26. The van der Waals surface area contributed by atoms with E-state index in [1.807, 2.05) is 0 Å². The van der Waals surface area contributed by atoms with E-state index in [4.69, 9.17) is 14.2 Å². The minimum Gasteiger partial charge on any atom is -0.497 e. The third-order valence-corrected chi connectivity index (χ3v) is 4.76. The predicted octanol–water partition coefficient (Wildman–Crippen LogP) is 1.21. The fourth-order valence-corrected chi connectivity index (χ4v) is 3.26. The van der Waals surface area contributed by atoms with E-state index < -0.39 is 0 Å². The van der Waals surface area contributed by atoms with E-state index in [1.165, 1.54) is 0 Å². The summed E-state index contributed by atoms with van der Waals surface area (Å²) in [5.74, 6) is 1.07. The molecular weight excluding hydrogens is 324 g/mol. The molecule has 0 spiro atoms. The first-order valence-electron chi connectivity index (χ1n) is 8.50. The number of carbonyl (C=O) groups is 2. The van der Waals surface area contributed by atoms with Crippen molar-refractivity contribution in [3.63, 3.8) is 0 Å². The minimum atomic E-state index is -0.356. The summed E-state index contributed by atoms with van der Waals surface area (Å²) in [6, 6.07) is 5.29. The molecule has 0 radical (unpaired) electrons. The second-order valence-corrected chi connectivity index (χ2v) is 6.42. The maximum atomic E-state index is 12.4. The summed E-state index contributed by atoms with van der Waals surface area (Å²) in [6.45, 7) is 2.39. The lowest BCUT2D eigenvalue weighted by Gasteiger charge is -2.20. The van der Waals surface area contributed by atoms with Crippen molar-refractivity contribution in [1.29, 1.82) is 0 Å². The predicted molar refractivity (Wildman–Crippen MR) is 91.9 cm³/mol. The largest absolute Gasteiger partial charge is 0.497 e. The average molecular weight is 348 g/mol. The SMILES string of the molecule is COc1ccc(OC)c(N2C[C@H](C(=O)NC[C@H]3CCOC3)CC2=O)c1. The monoisotopic (exact) mass is 348 g/mol. The van der Waals surface area contributed by atoms with Crippen LogP contribution in [0.3, 0.4) is 0 Å². The summed E-state index contributed by atoms with van der Waals surface area (Å²) in [7, 11) is 3.13. The summed E-state index contributed by atoms with van der Waals surface area (Å²) < 4.78 is 15.9. The number of amides is 2. The van der Waals surface area contributed by atoms with Gasteiger partial charge in [0.15, 0.2) is 0 Å². The molecule has 2 fully saturated rings. The Morgan fingerprint density at radius 2 is 2.20 bits per heavy atom. The van der Waals surface area contributed by atoms with Crippen molar-refractivity contribution < 1.29 is 23.8 Å². The molecule has 1 aromatic rings. The normalized spacial score (nSPS) is 23.0. The summed E-state index contributed by atoms with van der Waals surface area (Å²) in [5.41, 5.74) is 0.631. The topological polar surface area (TPSA) is 77.1 Å². The van der Waals surface area contributed by atoms with E-state index in [1.54, 1.807) is 37.3 Å². The highest BCUT2D eigenvalue weighted by molar-refractivity contribution is 6.01. The molecule has 0 bridgehead atoms. The van der Waals surface area contributed by atoms with Crippen molar-refractivity contribution in [2.24, 2.45) is 11.8 Å². The maximum absolute atomic E-state index is 12.4. The van der Waals surface area contributed by atoms with Gasteiger partial charge in [-0.15, -0.1) is 0 Å². The zero-order chi connectivity index (χ0) is 17.8. The zero-order valence-corrected chi connectivity index (χ0v) is 14.6.